The first-order valence-electron chi connectivity index (χ1n) is 10.3. The Morgan fingerprint density at radius 3 is 2.81 bits per heavy atom. The molecule has 3 heterocycles. The summed E-state index contributed by atoms with van der Waals surface area (Å²) in [7, 11) is 4.13. The molecule has 1 aromatic heterocycles. The van der Waals surface area contributed by atoms with Gasteiger partial charge in [0.2, 0.25) is 5.91 Å². The van der Waals surface area contributed by atoms with Crippen molar-refractivity contribution in [1.29, 1.82) is 0 Å². The number of amides is 1. The number of aromatic nitrogens is 2. The van der Waals surface area contributed by atoms with Crippen molar-refractivity contribution in [3.63, 3.8) is 0 Å². The van der Waals surface area contributed by atoms with Gasteiger partial charge in [-0.15, -0.1) is 0 Å². The van der Waals surface area contributed by atoms with Crippen LogP contribution in [0.5, 0.6) is 0 Å². The highest BCUT2D eigenvalue weighted by Crippen LogP contribution is 2.25. The summed E-state index contributed by atoms with van der Waals surface area (Å²) in [5.41, 5.74) is 2.13. The van der Waals surface area contributed by atoms with Crippen molar-refractivity contribution in [3.05, 3.63) is 17.5 Å². The summed E-state index contributed by atoms with van der Waals surface area (Å²) >= 11 is 0. The van der Waals surface area contributed by atoms with Crippen LogP contribution in [0.4, 0.5) is 0 Å². The average Bonchev–Trinajstić information content (AvgIpc) is 3.09. The van der Waals surface area contributed by atoms with E-state index in [2.05, 4.69) is 40.0 Å². The van der Waals surface area contributed by atoms with Gasteiger partial charge in [0.1, 0.15) is 0 Å². The number of hydrogen-bond acceptors (Lipinski definition) is 4. The molecule has 1 amide bonds. The lowest BCUT2D eigenvalue weighted by Gasteiger charge is -2.41. The van der Waals surface area contributed by atoms with E-state index in [4.69, 9.17) is 0 Å². The zero-order valence-electron chi connectivity index (χ0n) is 16.7. The standard InChI is InChI=1S/C20H35N5O/c1-4-6-17-13-18(22-21-17)15-24(3)20(26)16-7-5-10-25(14-16)19-8-11-23(2)12-9-19/h13,16,19H,4-12,14-15H2,1-3H3,(H,21,22)/t16-/m1/s1. The molecule has 0 aliphatic carbocycles. The number of hydrogen-bond donors (Lipinski definition) is 1. The molecule has 0 saturated carbocycles. The molecule has 2 aliphatic heterocycles. The Morgan fingerprint density at radius 2 is 2.08 bits per heavy atom. The maximum Gasteiger partial charge on any atom is 0.227 e. The quantitative estimate of drug-likeness (QED) is 0.843. The van der Waals surface area contributed by atoms with E-state index in [1.807, 2.05) is 11.9 Å². The first-order valence-corrected chi connectivity index (χ1v) is 10.3. The fourth-order valence-electron chi connectivity index (χ4n) is 4.42. The van der Waals surface area contributed by atoms with Gasteiger partial charge >= 0.3 is 0 Å². The van der Waals surface area contributed by atoms with Crippen molar-refractivity contribution < 1.29 is 4.79 Å². The lowest BCUT2D eigenvalue weighted by molar-refractivity contribution is -0.137. The molecule has 0 bridgehead atoms. The molecule has 6 heteroatoms. The third kappa shape index (κ3) is 4.86. The number of carbonyl (C=O) groups excluding carboxylic acids is 1. The van der Waals surface area contributed by atoms with Gasteiger partial charge in [-0.25, -0.2) is 0 Å². The van der Waals surface area contributed by atoms with Crippen LogP contribution in [0.1, 0.15) is 50.4 Å². The number of carbonyl (C=O) groups is 1. The summed E-state index contributed by atoms with van der Waals surface area (Å²) in [6.45, 7) is 7.23. The number of rotatable bonds is 6. The van der Waals surface area contributed by atoms with E-state index in [0.717, 1.165) is 50.2 Å². The van der Waals surface area contributed by atoms with Gasteiger partial charge in [-0.3, -0.25) is 14.8 Å². The zero-order valence-corrected chi connectivity index (χ0v) is 16.7. The maximum absolute atomic E-state index is 13.0. The van der Waals surface area contributed by atoms with E-state index in [-0.39, 0.29) is 11.8 Å². The number of H-pyrrole nitrogens is 1. The highest BCUT2D eigenvalue weighted by molar-refractivity contribution is 5.78. The maximum atomic E-state index is 13.0. The number of nitrogens with zero attached hydrogens (tertiary/aromatic N) is 4. The summed E-state index contributed by atoms with van der Waals surface area (Å²) < 4.78 is 0. The molecule has 6 nitrogen and oxygen atoms in total. The van der Waals surface area contributed by atoms with Crippen molar-refractivity contribution >= 4 is 5.91 Å². The third-order valence-electron chi connectivity index (χ3n) is 5.98. The summed E-state index contributed by atoms with van der Waals surface area (Å²) in [5, 5.41) is 7.42. The highest BCUT2D eigenvalue weighted by Gasteiger charge is 2.32. The predicted molar refractivity (Wildman–Crippen MR) is 104 cm³/mol. The van der Waals surface area contributed by atoms with E-state index in [9.17, 15) is 4.79 Å². The molecule has 0 unspecified atom stereocenters. The van der Waals surface area contributed by atoms with Crippen LogP contribution in [0.15, 0.2) is 6.07 Å². The molecule has 0 radical (unpaired) electrons. The number of nitrogens with one attached hydrogen (secondary N) is 1. The fourth-order valence-corrected chi connectivity index (χ4v) is 4.42. The van der Waals surface area contributed by atoms with Gasteiger partial charge < -0.3 is 9.80 Å². The van der Waals surface area contributed by atoms with E-state index >= 15 is 0 Å². The summed E-state index contributed by atoms with van der Waals surface area (Å²) in [5.74, 6) is 0.431. The Labute approximate surface area is 157 Å². The molecule has 2 fully saturated rings. The molecule has 146 valence electrons. The first kappa shape index (κ1) is 19.4. The first-order chi connectivity index (χ1) is 12.6. The van der Waals surface area contributed by atoms with Crippen LogP contribution in [0.2, 0.25) is 0 Å². The molecule has 1 N–H and O–H groups in total. The van der Waals surface area contributed by atoms with E-state index in [1.165, 1.54) is 25.9 Å². The van der Waals surface area contributed by atoms with Crippen LogP contribution in [0, 0.1) is 5.92 Å². The number of likely N-dealkylation sites (tertiary alicyclic amines) is 2. The van der Waals surface area contributed by atoms with E-state index in [0.29, 0.717) is 12.6 Å². The third-order valence-corrected chi connectivity index (χ3v) is 5.98. The second-order valence-electron chi connectivity index (χ2n) is 8.20. The van der Waals surface area contributed by atoms with Crippen LogP contribution in [-0.2, 0) is 17.8 Å². The molecular formula is C20H35N5O. The van der Waals surface area contributed by atoms with Crippen LogP contribution in [0.25, 0.3) is 0 Å². The minimum absolute atomic E-state index is 0.145. The molecular weight excluding hydrogens is 326 g/mol. The molecule has 3 rings (SSSR count). The highest BCUT2D eigenvalue weighted by atomic mass is 16.2. The minimum Gasteiger partial charge on any atom is -0.340 e. The van der Waals surface area contributed by atoms with Gasteiger partial charge in [-0.1, -0.05) is 13.3 Å². The Morgan fingerprint density at radius 1 is 1.31 bits per heavy atom. The van der Waals surface area contributed by atoms with E-state index < -0.39 is 0 Å². The van der Waals surface area contributed by atoms with Gasteiger partial charge in [0, 0.05) is 19.6 Å². The normalized spacial score (nSPS) is 23.3. The molecule has 0 spiro atoms. The molecule has 26 heavy (non-hydrogen) atoms. The second-order valence-corrected chi connectivity index (χ2v) is 8.20. The molecule has 2 aliphatic rings. The van der Waals surface area contributed by atoms with Crippen LogP contribution >= 0.6 is 0 Å². The molecule has 2 saturated heterocycles. The number of piperidine rings is 2. The summed E-state index contributed by atoms with van der Waals surface area (Å²) in [6, 6.07) is 2.76. The molecule has 1 aromatic rings. The van der Waals surface area contributed by atoms with Gasteiger partial charge in [0.15, 0.2) is 0 Å². The Bertz CT molecular complexity index is 579. The van der Waals surface area contributed by atoms with E-state index in [1.54, 1.807) is 0 Å². The van der Waals surface area contributed by atoms with Crippen molar-refractivity contribution in [1.82, 2.24) is 24.9 Å². The van der Waals surface area contributed by atoms with Gasteiger partial charge in [-0.05, 0) is 64.9 Å². The largest absolute Gasteiger partial charge is 0.340 e. The lowest BCUT2D eigenvalue weighted by atomic mass is 9.93. The fraction of sp³-hybridized carbons (Fsp3) is 0.800. The van der Waals surface area contributed by atoms with Gasteiger partial charge in [-0.2, -0.15) is 5.10 Å². The lowest BCUT2D eigenvalue weighted by Crippen LogP contribution is -2.50. The smallest absolute Gasteiger partial charge is 0.227 e. The Hall–Kier alpha value is -1.40. The van der Waals surface area contributed by atoms with Crippen LogP contribution in [0.3, 0.4) is 0 Å². The topological polar surface area (TPSA) is 55.5 Å². The van der Waals surface area contributed by atoms with Crippen LogP contribution in [-0.4, -0.2) is 77.1 Å². The van der Waals surface area contributed by atoms with Crippen molar-refractivity contribution in [2.45, 2.75) is 58.0 Å². The van der Waals surface area contributed by atoms with Crippen LogP contribution < -0.4 is 0 Å². The van der Waals surface area contributed by atoms with Crippen molar-refractivity contribution in [2.75, 3.05) is 40.3 Å². The predicted octanol–water partition coefficient (Wildman–Crippen LogP) is 2.13. The van der Waals surface area contributed by atoms with Gasteiger partial charge in [0.05, 0.1) is 23.9 Å². The Kier molecular flexibility index (Phi) is 6.70. The number of aryl methyl sites for hydroxylation is 1. The monoisotopic (exact) mass is 361 g/mol. The van der Waals surface area contributed by atoms with Crippen molar-refractivity contribution in [2.24, 2.45) is 5.92 Å². The Balaban J connectivity index is 1.52. The molecule has 1 atom stereocenters. The number of aromatic amines is 1. The van der Waals surface area contributed by atoms with Gasteiger partial charge in [0.25, 0.3) is 0 Å². The van der Waals surface area contributed by atoms with Crippen molar-refractivity contribution in [3.8, 4) is 0 Å². The summed E-state index contributed by atoms with van der Waals surface area (Å²) in [6.07, 6.45) is 6.72. The second kappa shape index (κ2) is 9.00. The summed E-state index contributed by atoms with van der Waals surface area (Å²) in [4.78, 5) is 19.8. The SMILES string of the molecule is CCCc1cc(CN(C)C(=O)[C@@H]2CCCN(C3CCN(C)CC3)C2)[nH]n1. The zero-order chi connectivity index (χ0) is 18.5. The average molecular weight is 362 g/mol. The molecule has 0 aromatic carbocycles. The minimum atomic E-state index is 0.145.